The fraction of sp³-hybridized carbons (Fsp3) is 0.364. The number of nitro benzene ring substituents is 1. The van der Waals surface area contributed by atoms with Crippen LogP contribution in [0.4, 0.5) is 17.1 Å². The molecule has 0 bridgehead atoms. The lowest BCUT2D eigenvalue weighted by Gasteiger charge is -2.24. The van der Waals surface area contributed by atoms with E-state index in [0.29, 0.717) is 5.69 Å². The number of para-hydroxylation sites is 1. The second kappa shape index (κ2) is 9.39. The molecule has 1 saturated heterocycles. The molecule has 0 aromatic heterocycles. The number of amides is 2. The lowest BCUT2D eigenvalue weighted by atomic mass is 10.1. The Kier molecular flexibility index (Phi) is 6.66. The summed E-state index contributed by atoms with van der Waals surface area (Å²) in [6.45, 7) is 3.45. The molecule has 0 spiro atoms. The van der Waals surface area contributed by atoms with Crippen LogP contribution in [0.1, 0.15) is 35.7 Å². The van der Waals surface area contributed by atoms with Crippen LogP contribution in [0.25, 0.3) is 0 Å². The fourth-order valence-corrected chi connectivity index (χ4v) is 3.68. The van der Waals surface area contributed by atoms with Crippen molar-refractivity contribution in [2.75, 3.05) is 36.9 Å². The van der Waals surface area contributed by atoms with Crippen molar-refractivity contribution >= 4 is 28.9 Å². The van der Waals surface area contributed by atoms with E-state index in [4.69, 9.17) is 0 Å². The summed E-state index contributed by atoms with van der Waals surface area (Å²) in [4.78, 5) is 39.7. The number of non-ortho nitro benzene ring substituents is 1. The molecular formula is C22H26N4O4. The maximum atomic E-state index is 13.1. The molecule has 1 N–H and O–H groups in total. The number of hydrogen-bond donors (Lipinski definition) is 1. The van der Waals surface area contributed by atoms with E-state index in [9.17, 15) is 19.7 Å². The summed E-state index contributed by atoms with van der Waals surface area (Å²) in [7, 11) is 1.53. The number of nitrogens with zero attached hydrogens (tertiary/aromatic N) is 3. The highest BCUT2D eigenvalue weighted by Crippen LogP contribution is 2.29. The van der Waals surface area contributed by atoms with Crippen molar-refractivity contribution in [3.8, 4) is 0 Å². The highest BCUT2D eigenvalue weighted by Gasteiger charge is 2.25. The van der Waals surface area contributed by atoms with Crippen LogP contribution in [-0.2, 0) is 11.2 Å². The average molecular weight is 410 g/mol. The second-order valence-electron chi connectivity index (χ2n) is 7.37. The Bertz CT molecular complexity index is 954. The molecule has 0 aliphatic carbocycles. The number of nitro groups is 1. The number of nitrogens with one attached hydrogen (secondary N) is 1. The van der Waals surface area contributed by atoms with Crippen molar-refractivity contribution in [2.45, 2.75) is 26.2 Å². The minimum atomic E-state index is -0.515. The van der Waals surface area contributed by atoms with Crippen LogP contribution in [0.5, 0.6) is 0 Å². The minimum absolute atomic E-state index is 0.143. The molecule has 1 heterocycles. The number of anilines is 2. The molecule has 8 heteroatoms. The highest BCUT2D eigenvalue weighted by atomic mass is 16.6. The zero-order valence-electron chi connectivity index (χ0n) is 17.3. The van der Waals surface area contributed by atoms with Gasteiger partial charge in [-0.15, -0.1) is 0 Å². The van der Waals surface area contributed by atoms with Crippen LogP contribution >= 0.6 is 0 Å². The topological polar surface area (TPSA) is 95.8 Å². The van der Waals surface area contributed by atoms with Crippen LogP contribution in [0.3, 0.4) is 0 Å². The summed E-state index contributed by atoms with van der Waals surface area (Å²) in [6.07, 6.45) is 2.80. The van der Waals surface area contributed by atoms with Gasteiger partial charge in [0, 0.05) is 38.0 Å². The third-order valence-electron chi connectivity index (χ3n) is 5.27. The third-order valence-corrected chi connectivity index (χ3v) is 5.27. The van der Waals surface area contributed by atoms with E-state index in [1.54, 1.807) is 6.07 Å². The van der Waals surface area contributed by atoms with Gasteiger partial charge in [0.15, 0.2) is 0 Å². The molecule has 1 fully saturated rings. The van der Waals surface area contributed by atoms with Crippen molar-refractivity contribution in [3.05, 3.63) is 63.7 Å². The van der Waals surface area contributed by atoms with Gasteiger partial charge in [-0.25, -0.2) is 0 Å². The zero-order chi connectivity index (χ0) is 21.7. The fourth-order valence-electron chi connectivity index (χ4n) is 3.68. The van der Waals surface area contributed by atoms with Crippen LogP contribution in [-0.4, -0.2) is 48.3 Å². The monoisotopic (exact) mass is 410 g/mol. The minimum Gasteiger partial charge on any atom is -0.371 e. The van der Waals surface area contributed by atoms with E-state index in [1.807, 2.05) is 31.2 Å². The SMILES string of the molecule is CCc1ccccc1NC(=O)CN(C)C(=O)c1cc([N+](=O)[O-])ccc1N1CCCC1. The Morgan fingerprint density at radius 2 is 1.87 bits per heavy atom. The number of benzene rings is 2. The molecular weight excluding hydrogens is 384 g/mol. The molecule has 1 aliphatic heterocycles. The van der Waals surface area contributed by atoms with Gasteiger partial charge >= 0.3 is 0 Å². The van der Waals surface area contributed by atoms with Crippen molar-refractivity contribution in [3.63, 3.8) is 0 Å². The van der Waals surface area contributed by atoms with Gasteiger partial charge in [-0.1, -0.05) is 25.1 Å². The Labute approximate surface area is 175 Å². The van der Waals surface area contributed by atoms with Crippen LogP contribution in [0.2, 0.25) is 0 Å². The lowest BCUT2D eigenvalue weighted by Crippen LogP contribution is -2.36. The van der Waals surface area contributed by atoms with Crippen molar-refractivity contribution in [2.24, 2.45) is 0 Å². The van der Waals surface area contributed by atoms with Gasteiger partial charge in [-0.05, 0) is 37.0 Å². The molecule has 0 unspecified atom stereocenters. The summed E-state index contributed by atoms with van der Waals surface area (Å²) in [5.41, 5.74) is 2.51. The van der Waals surface area contributed by atoms with E-state index in [1.165, 1.54) is 24.1 Å². The van der Waals surface area contributed by atoms with E-state index in [0.717, 1.165) is 43.6 Å². The van der Waals surface area contributed by atoms with E-state index in [2.05, 4.69) is 10.2 Å². The number of aryl methyl sites for hydroxylation is 1. The quantitative estimate of drug-likeness (QED) is 0.557. The molecule has 1 aliphatic rings. The molecule has 0 radical (unpaired) electrons. The zero-order valence-corrected chi connectivity index (χ0v) is 17.3. The number of rotatable bonds is 7. The third kappa shape index (κ3) is 4.76. The summed E-state index contributed by atoms with van der Waals surface area (Å²) >= 11 is 0. The standard InChI is InChI=1S/C22H26N4O4/c1-3-16-8-4-5-9-19(16)23-21(27)15-24(2)22(28)18-14-17(26(29)30)10-11-20(18)25-12-6-7-13-25/h4-5,8-11,14H,3,6-7,12-13,15H2,1-2H3,(H,23,27). The first kappa shape index (κ1) is 21.3. The maximum absolute atomic E-state index is 13.1. The van der Waals surface area contributed by atoms with Gasteiger partial charge in [-0.3, -0.25) is 19.7 Å². The first-order valence-corrected chi connectivity index (χ1v) is 10.1. The molecule has 0 saturated carbocycles. The van der Waals surface area contributed by atoms with Gasteiger partial charge in [0.25, 0.3) is 11.6 Å². The summed E-state index contributed by atoms with van der Waals surface area (Å²) in [5, 5.41) is 14.1. The molecule has 2 amide bonds. The predicted octanol–water partition coefficient (Wildman–Crippen LogP) is 3.47. The number of likely N-dealkylation sites (N-methyl/N-ethyl adjacent to an activating group) is 1. The summed E-state index contributed by atoms with van der Waals surface area (Å²) < 4.78 is 0. The number of carbonyl (C=O) groups is 2. The van der Waals surface area contributed by atoms with E-state index >= 15 is 0 Å². The van der Waals surface area contributed by atoms with Crippen molar-refractivity contribution in [1.29, 1.82) is 0 Å². The number of hydrogen-bond acceptors (Lipinski definition) is 5. The Morgan fingerprint density at radius 3 is 2.53 bits per heavy atom. The molecule has 0 atom stereocenters. The highest BCUT2D eigenvalue weighted by molar-refractivity contribution is 6.03. The van der Waals surface area contributed by atoms with Gasteiger partial charge < -0.3 is 15.1 Å². The van der Waals surface area contributed by atoms with Crippen LogP contribution < -0.4 is 10.2 Å². The molecule has 3 rings (SSSR count). The summed E-state index contributed by atoms with van der Waals surface area (Å²) in [5.74, 6) is -0.737. The Morgan fingerprint density at radius 1 is 1.17 bits per heavy atom. The van der Waals surface area contributed by atoms with Crippen LogP contribution in [0, 0.1) is 10.1 Å². The van der Waals surface area contributed by atoms with E-state index in [-0.39, 0.29) is 23.7 Å². The number of carbonyl (C=O) groups excluding carboxylic acids is 2. The molecule has 8 nitrogen and oxygen atoms in total. The first-order valence-electron chi connectivity index (χ1n) is 10.1. The average Bonchev–Trinajstić information content (AvgIpc) is 3.27. The van der Waals surface area contributed by atoms with Gasteiger partial charge in [0.05, 0.1) is 22.7 Å². The van der Waals surface area contributed by atoms with Gasteiger partial charge in [0.1, 0.15) is 0 Å². The normalized spacial score (nSPS) is 13.2. The molecule has 30 heavy (non-hydrogen) atoms. The maximum Gasteiger partial charge on any atom is 0.270 e. The Hall–Kier alpha value is -3.42. The summed E-state index contributed by atoms with van der Waals surface area (Å²) in [6, 6.07) is 11.9. The lowest BCUT2D eigenvalue weighted by molar-refractivity contribution is -0.384. The van der Waals surface area contributed by atoms with Gasteiger partial charge in [-0.2, -0.15) is 0 Å². The molecule has 2 aromatic rings. The first-order chi connectivity index (χ1) is 14.4. The molecule has 158 valence electrons. The largest absolute Gasteiger partial charge is 0.371 e. The molecule has 2 aromatic carbocycles. The van der Waals surface area contributed by atoms with E-state index < -0.39 is 10.8 Å². The predicted molar refractivity (Wildman–Crippen MR) is 116 cm³/mol. The Balaban J connectivity index is 1.78. The van der Waals surface area contributed by atoms with Crippen molar-refractivity contribution < 1.29 is 14.5 Å². The smallest absolute Gasteiger partial charge is 0.270 e. The van der Waals surface area contributed by atoms with Crippen LogP contribution in [0.15, 0.2) is 42.5 Å². The van der Waals surface area contributed by atoms with Gasteiger partial charge in [0.2, 0.25) is 5.91 Å². The van der Waals surface area contributed by atoms with Crippen molar-refractivity contribution in [1.82, 2.24) is 4.90 Å². The second-order valence-corrected chi connectivity index (χ2v) is 7.37.